The maximum Gasteiger partial charge on any atom is 0.323 e. The van der Waals surface area contributed by atoms with Crippen molar-refractivity contribution >= 4 is 11.9 Å². The summed E-state index contributed by atoms with van der Waals surface area (Å²) in [4.78, 5) is 23.2. The normalized spacial score (nSPS) is 30.5. The summed E-state index contributed by atoms with van der Waals surface area (Å²) >= 11 is 0. The standard InChI is InChI=1S/C12H20O4/c1-3-16-11(15)12(10(13)14)7-4-5-9(2)6-8-12/h9H,3-8H2,1-2H3,(H,13,14). The van der Waals surface area contributed by atoms with E-state index in [1.807, 2.05) is 0 Å². The highest BCUT2D eigenvalue weighted by molar-refractivity contribution is 5.99. The van der Waals surface area contributed by atoms with E-state index in [0.29, 0.717) is 18.8 Å². The van der Waals surface area contributed by atoms with E-state index in [4.69, 9.17) is 4.74 Å². The molecule has 1 saturated carbocycles. The molecule has 0 aromatic rings. The second-order valence-electron chi connectivity index (χ2n) is 4.64. The Morgan fingerprint density at radius 2 is 2.06 bits per heavy atom. The zero-order valence-electron chi connectivity index (χ0n) is 9.99. The van der Waals surface area contributed by atoms with Gasteiger partial charge in [-0.1, -0.05) is 19.8 Å². The Hall–Kier alpha value is -1.06. The molecule has 1 fully saturated rings. The van der Waals surface area contributed by atoms with Gasteiger partial charge in [0.25, 0.3) is 0 Å². The van der Waals surface area contributed by atoms with Gasteiger partial charge in [0.2, 0.25) is 0 Å². The number of carboxylic acids is 1. The van der Waals surface area contributed by atoms with Gasteiger partial charge in [0.05, 0.1) is 6.61 Å². The largest absolute Gasteiger partial charge is 0.480 e. The number of hydrogen-bond donors (Lipinski definition) is 1. The topological polar surface area (TPSA) is 63.6 Å². The Morgan fingerprint density at radius 3 is 2.62 bits per heavy atom. The van der Waals surface area contributed by atoms with Crippen LogP contribution in [0.2, 0.25) is 0 Å². The highest BCUT2D eigenvalue weighted by atomic mass is 16.5. The molecule has 0 heterocycles. The van der Waals surface area contributed by atoms with E-state index in [1.54, 1.807) is 6.92 Å². The van der Waals surface area contributed by atoms with Crippen molar-refractivity contribution in [2.24, 2.45) is 11.3 Å². The van der Waals surface area contributed by atoms with E-state index in [1.165, 1.54) is 0 Å². The fraction of sp³-hybridized carbons (Fsp3) is 0.833. The summed E-state index contributed by atoms with van der Waals surface area (Å²) in [6, 6.07) is 0. The number of carboxylic acid groups (broad SMARTS) is 1. The minimum Gasteiger partial charge on any atom is -0.480 e. The number of ether oxygens (including phenoxy) is 1. The molecule has 0 aromatic heterocycles. The van der Waals surface area contributed by atoms with Crippen molar-refractivity contribution in [3.63, 3.8) is 0 Å². The molecule has 2 atom stereocenters. The number of carbonyl (C=O) groups is 2. The molecule has 0 radical (unpaired) electrons. The fourth-order valence-corrected chi connectivity index (χ4v) is 2.29. The Labute approximate surface area is 96.0 Å². The van der Waals surface area contributed by atoms with Gasteiger partial charge in [-0.2, -0.15) is 0 Å². The molecule has 0 amide bonds. The van der Waals surface area contributed by atoms with Crippen LogP contribution in [0.3, 0.4) is 0 Å². The molecule has 16 heavy (non-hydrogen) atoms. The quantitative estimate of drug-likeness (QED) is 0.457. The van der Waals surface area contributed by atoms with Gasteiger partial charge < -0.3 is 9.84 Å². The zero-order valence-corrected chi connectivity index (χ0v) is 9.99. The van der Waals surface area contributed by atoms with Crippen molar-refractivity contribution in [2.45, 2.75) is 46.0 Å². The van der Waals surface area contributed by atoms with Crippen LogP contribution in [-0.4, -0.2) is 23.7 Å². The molecule has 1 rings (SSSR count). The lowest BCUT2D eigenvalue weighted by Gasteiger charge is -2.25. The first-order valence-electron chi connectivity index (χ1n) is 5.93. The van der Waals surface area contributed by atoms with E-state index in [2.05, 4.69) is 6.92 Å². The van der Waals surface area contributed by atoms with Crippen LogP contribution in [0.1, 0.15) is 46.0 Å². The summed E-state index contributed by atoms with van der Waals surface area (Å²) in [5.41, 5.74) is -1.29. The van der Waals surface area contributed by atoms with Gasteiger partial charge in [-0.15, -0.1) is 0 Å². The predicted octanol–water partition coefficient (Wildman–Crippen LogP) is 2.22. The fourth-order valence-electron chi connectivity index (χ4n) is 2.29. The van der Waals surface area contributed by atoms with Crippen LogP contribution in [0.15, 0.2) is 0 Å². The Morgan fingerprint density at radius 1 is 1.38 bits per heavy atom. The van der Waals surface area contributed by atoms with E-state index in [-0.39, 0.29) is 6.61 Å². The second kappa shape index (κ2) is 5.32. The Balaban J connectivity index is 2.87. The van der Waals surface area contributed by atoms with Crippen LogP contribution in [0.5, 0.6) is 0 Å². The number of aliphatic carboxylic acids is 1. The van der Waals surface area contributed by atoms with Crippen molar-refractivity contribution in [2.75, 3.05) is 6.61 Å². The maximum absolute atomic E-state index is 11.8. The van der Waals surface area contributed by atoms with E-state index < -0.39 is 17.4 Å². The zero-order chi connectivity index (χ0) is 12.2. The lowest BCUT2D eigenvalue weighted by atomic mass is 9.80. The minimum atomic E-state index is -1.29. The molecule has 1 aliphatic rings. The third kappa shape index (κ3) is 2.54. The molecule has 0 saturated heterocycles. The van der Waals surface area contributed by atoms with Crippen LogP contribution in [0, 0.1) is 11.3 Å². The summed E-state index contributed by atoms with van der Waals surface area (Å²) in [6.45, 7) is 4.04. The molecule has 92 valence electrons. The summed E-state index contributed by atoms with van der Waals surface area (Å²) in [5.74, 6) is -1.09. The van der Waals surface area contributed by atoms with E-state index in [0.717, 1.165) is 19.3 Å². The first kappa shape index (κ1) is 13.0. The average Bonchev–Trinajstić information content (AvgIpc) is 2.41. The lowest BCUT2D eigenvalue weighted by molar-refractivity contribution is -0.169. The molecule has 4 nitrogen and oxygen atoms in total. The van der Waals surface area contributed by atoms with Crippen molar-refractivity contribution in [3.8, 4) is 0 Å². The highest BCUT2D eigenvalue weighted by Crippen LogP contribution is 2.38. The van der Waals surface area contributed by atoms with Gasteiger partial charge in [-0.3, -0.25) is 9.59 Å². The lowest BCUT2D eigenvalue weighted by Crippen LogP contribution is -2.40. The molecule has 4 heteroatoms. The maximum atomic E-state index is 11.8. The van der Waals surface area contributed by atoms with Crippen molar-refractivity contribution < 1.29 is 19.4 Å². The first-order chi connectivity index (χ1) is 7.53. The Kier molecular flexibility index (Phi) is 4.33. The summed E-state index contributed by atoms with van der Waals surface area (Å²) < 4.78 is 4.92. The smallest absolute Gasteiger partial charge is 0.323 e. The highest BCUT2D eigenvalue weighted by Gasteiger charge is 2.47. The van der Waals surface area contributed by atoms with Crippen LogP contribution in [0.25, 0.3) is 0 Å². The molecule has 0 bridgehead atoms. The molecule has 1 N–H and O–H groups in total. The third-order valence-corrected chi connectivity index (χ3v) is 3.44. The number of carbonyl (C=O) groups excluding carboxylic acids is 1. The third-order valence-electron chi connectivity index (χ3n) is 3.44. The summed E-state index contributed by atoms with van der Waals surface area (Å²) in [7, 11) is 0. The van der Waals surface area contributed by atoms with E-state index in [9.17, 15) is 14.7 Å². The predicted molar refractivity (Wildman–Crippen MR) is 59.0 cm³/mol. The molecular weight excluding hydrogens is 208 g/mol. The van der Waals surface area contributed by atoms with Crippen molar-refractivity contribution in [3.05, 3.63) is 0 Å². The van der Waals surface area contributed by atoms with Crippen molar-refractivity contribution in [1.82, 2.24) is 0 Å². The summed E-state index contributed by atoms with van der Waals surface area (Å²) in [5, 5.41) is 9.30. The van der Waals surface area contributed by atoms with E-state index >= 15 is 0 Å². The van der Waals surface area contributed by atoms with Gasteiger partial charge >= 0.3 is 11.9 Å². The number of rotatable bonds is 3. The summed E-state index contributed by atoms with van der Waals surface area (Å²) in [6.07, 6.45) is 3.37. The molecule has 0 spiro atoms. The first-order valence-corrected chi connectivity index (χ1v) is 5.93. The van der Waals surface area contributed by atoms with Gasteiger partial charge in [0.1, 0.15) is 0 Å². The second-order valence-corrected chi connectivity index (χ2v) is 4.64. The van der Waals surface area contributed by atoms with Crippen LogP contribution in [-0.2, 0) is 14.3 Å². The molecule has 0 aliphatic heterocycles. The van der Waals surface area contributed by atoms with Crippen LogP contribution in [0.4, 0.5) is 0 Å². The monoisotopic (exact) mass is 228 g/mol. The number of esters is 1. The SMILES string of the molecule is CCOC(=O)C1(C(=O)O)CCCC(C)CC1. The Bertz CT molecular complexity index is 274. The van der Waals surface area contributed by atoms with Crippen molar-refractivity contribution in [1.29, 1.82) is 0 Å². The molecule has 1 aliphatic carbocycles. The van der Waals surface area contributed by atoms with Gasteiger partial charge in [0, 0.05) is 0 Å². The van der Waals surface area contributed by atoms with Gasteiger partial charge in [0.15, 0.2) is 5.41 Å². The number of hydrogen-bond acceptors (Lipinski definition) is 3. The van der Waals surface area contributed by atoms with Gasteiger partial charge in [-0.25, -0.2) is 0 Å². The van der Waals surface area contributed by atoms with Crippen LogP contribution < -0.4 is 0 Å². The average molecular weight is 228 g/mol. The molecule has 0 aromatic carbocycles. The molecular formula is C12H20O4. The van der Waals surface area contributed by atoms with Crippen LogP contribution >= 0.6 is 0 Å². The van der Waals surface area contributed by atoms with Gasteiger partial charge in [-0.05, 0) is 32.1 Å². The molecule has 2 unspecified atom stereocenters. The minimum absolute atomic E-state index is 0.240.